The summed E-state index contributed by atoms with van der Waals surface area (Å²) in [6.45, 7) is 5.45. The minimum atomic E-state index is -0.848. The number of hydrogen-bond acceptors (Lipinski definition) is 5. The lowest BCUT2D eigenvalue weighted by Crippen LogP contribution is -2.27. The maximum absolute atomic E-state index is 12.4. The predicted octanol–water partition coefficient (Wildman–Crippen LogP) is 3.25. The van der Waals surface area contributed by atoms with E-state index >= 15 is 0 Å². The van der Waals surface area contributed by atoms with Crippen LogP contribution in [0, 0.1) is 5.92 Å². The van der Waals surface area contributed by atoms with Gasteiger partial charge in [-0.2, -0.15) is 0 Å². The molecule has 0 N–H and O–H groups in total. The van der Waals surface area contributed by atoms with E-state index in [1.165, 1.54) is 14.2 Å². The summed E-state index contributed by atoms with van der Waals surface area (Å²) < 4.78 is 15.6. The Bertz CT molecular complexity index is 520. The number of carbonyl (C=O) groups excluding carboxylic acids is 2. The van der Waals surface area contributed by atoms with Crippen LogP contribution in [-0.4, -0.2) is 32.1 Å². The zero-order valence-electron chi connectivity index (χ0n) is 13.8. The summed E-state index contributed by atoms with van der Waals surface area (Å²) in [4.78, 5) is 24.5. The standard InChI is InChI=1S/C17H24O5/c1-6-13(7-2)22-17(19)11(3)16(18)12-8-9-14(20-4)15(10-12)21-5/h8-11,13H,6-7H2,1-5H3. The third-order valence-corrected chi connectivity index (χ3v) is 3.61. The van der Waals surface area contributed by atoms with Gasteiger partial charge in [0.25, 0.3) is 0 Å². The maximum Gasteiger partial charge on any atom is 0.316 e. The molecule has 0 aliphatic rings. The molecule has 1 atom stereocenters. The number of benzene rings is 1. The Morgan fingerprint density at radius 3 is 2.14 bits per heavy atom. The van der Waals surface area contributed by atoms with Crippen molar-refractivity contribution < 1.29 is 23.8 Å². The highest BCUT2D eigenvalue weighted by Gasteiger charge is 2.26. The molecule has 0 amide bonds. The van der Waals surface area contributed by atoms with Crippen molar-refractivity contribution in [2.24, 2.45) is 5.92 Å². The van der Waals surface area contributed by atoms with Crippen LogP contribution in [0.15, 0.2) is 18.2 Å². The van der Waals surface area contributed by atoms with Crippen LogP contribution < -0.4 is 9.47 Å². The van der Waals surface area contributed by atoms with Crippen LogP contribution in [0.4, 0.5) is 0 Å². The van der Waals surface area contributed by atoms with Crippen LogP contribution in [0.3, 0.4) is 0 Å². The zero-order valence-corrected chi connectivity index (χ0v) is 13.8. The SMILES string of the molecule is CCC(CC)OC(=O)C(C)C(=O)c1ccc(OC)c(OC)c1. The van der Waals surface area contributed by atoms with Crippen molar-refractivity contribution in [1.29, 1.82) is 0 Å². The summed E-state index contributed by atoms with van der Waals surface area (Å²) in [5, 5.41) is 0. The van der Waals surface area contributed by atoms with Gasteiger partial charge in [-0.3, -0.25) is 9.59 Å². The second kappa shape index (κ2) is 8.41. The third-order valence-electron chi connectivity index (χ3n) is 3.61. The van der Waals surface area contributed by atoms with E-state index in [0.29, 0.717) is 17.1 Å². The van der Waals surface area contributed by atoms with Crippen LogP contribution in [0.5, 0.6) is 11.5 Å². The summed E-state index contributed by atoms with van der Waals surface area (Å²) in [6, 6.07) is 4.83. The molecule has 1 aromatic rings. The summed E-state index contributed by atoms with van der Waals surface area (Å²) in [5.74, 6) is -0.649. The molecule has 0 saturated heterocycles. The first-order valence-electron chi connectivity index (χ1n) is 7.45. The minimum Gasteiger partial charge on any atom is -0.493 e. The molecule has 1 aromatic carbocycles. The van der Waals surface area contributed by atoms with E-state index < -0.39 is 11.9 Å². The van der Waals surface area contributed by atoms with Gasteiger partial charge >= 0.3 is 5.97 Å². The molecule has 0 saturated carbocycles. The molecule has 1 unspecified atom stereocenters. The van der Waals surface area contributed by atoms with Gasteiger partial charge in [-0.15, -0.1) is 0 Å². The number of esters is 1. The monoisotopic (exact) mass is 308 g/mol. The fourth-order valence-corrected chi connectivity index (χ4v) is 2.07. The highest BCUT2D eigenvalue weighted by atomic mass is 16.5. The molecule has 0 radical (unpaired) electrons. The zero-order chi connectivity index (χ0) is 16.7. The molecule has 0 spiro atoms. The second-order valence-corrected chi connectivity index (χ2v) is 5.03. The molecule has 0 aliphatic heterocycles. The maximum atomic E-state index is 12.4. The van der Waals surface area contributed by atoms with Crippen molar-refractivity contribution in [3.63, 3.8) is 0 Å². The van der Waals surface area contributed by atoms with Gasteiger partial charge in [-0.1, -0.05) is 13.8 Å². The number of Topliss-reactive ketones (excluding diaryl/α,β-unsaturated/α-hetero) is 1. The van der Waals surface area contributed by atoms with Gasteiger partial charge in [0.05, 0.1) is 14.2 Å². The Kier molecular flexibility index (Phi) is 6.89. The van der Waals surface area contributed by atoms with Crippen LogP contribution >= 0.6 is 0 Å². The van der Waals surface area contributed by atoms with Crippen LogP contribution in [-0.2, 0) is 9.53 Å². The topological polar surface area (TPSA) is 61.8 Å². The first kappa shape index (κ1) is 18.0. The fraction of sp³-hybridized carbons (Fsp3) is 0.529. The van der Waals surface area contributed by atoms with Crippen LogP contribution in [0.1, 0.15) is 44.0 Å². The van der Waals surface area contributed by atoms with Gasteiger partial charge in [-0.05, 0) is 38.0 Å². The lowest BCUT2D eigenvalue weighted by Gasteiger charge is -2.17. The summed E-state index contributed by atoms with van der Waals surface area (Å²) in [6.07, 6.45) is 1.33. The molecular formula is C17H24O5. The molecular weight excluding hydrogens is 284 g/mol. The molecule has 0 heterocycles. The second-order valence-electron chi connectivity index (χ2n) is 5.03. The van der Waals surface area contributed by atoms with Crippen molar-refractivity contribution in [3.8, 4) is 11.5 Å². The van der Waals surface area contributed by atoms with E-state index in [-0.39, 0.29) is 11.9 Å². The molecule has 122 valence electrons. The number of carbonyl (C=O) groups is 2. The Morgan fingerprint density at radius 2 is 1.64 bits per heavy atom. The largest absolute Gasteiger partial charge is 0.493 e. The first-order chi connectivity index (χ1) is 10.5. The summed E-state index contributed by atoms with van der Waals surface area (Å²) in [7, 11) is 3.02. The van der Waals surface area contributed by atoms with E-state index in [2.05, 4.69) is 0 Å². The smallest absolute Gasteiger partial charge is 0.316 e. The Balaban J connectivity index is 2.88. The lowest BCUT2D eigenvalue weighted by molar-refractivity contribution is -0.152. The van der Waals surface area contributed by atoms with Gasteiger partial charge in [0.15, 0.2) is 17.3 Å². The Morgan fingerprint density at radius 1 is 1.05 bits per heavy atom. The van der Waals surface area contributed by atoms with Gasteiger partial charge in [0.2, 0.25) is 0 Å². The van der Waals surface area contributed by atoms with Crippen molar-refractivity contribution in [2.75, 3.05) is 14.2 Å². The first-order valence-corrected chi connectivity index (χ1v) is 7.45. The predicted molar refractivity (Wildman–Crippen MR) is 83.5 cm³/mol. The van der Waals surface area contributed by atoms with Crippen LogP contribution in [0.2, 0.25) is 0 Å². The van der Waals surface area contributed by atoms with E-state index in [4.69, 9.17) is 14.2 Å². The highest BCUT2D eigenvalue weighted by molar-refractivity contribution is 6.08. The van der Waals surface area contributed by atoms with E-state index in [0.717, 1.165) is 12.8 Å². The molecule has 0 aliphatic carbocycles. The van der Waals surface area contributed by atoms with E-state index in [9.17, 15) is 9.59 Å². The number of ketones is 1. The highest BCUT2D eigenvalue weighted by Crippen LogP contribution is 2.28. The summed E-state index contributed by atoms with van der Waals surface area (Å²) in [5.41, 5.74) is 0.395. The van der Waals surface area contributed by atoms with E-state index in [1.54, 1.807) is 25.1 Å². The fourth-order valence-electron chi connectivity index (χ4n) is 2.07. The molecule has 5 nitrogen and oxygen atoms in total. The number of hydrogen-bond donors (Lipinski definition) is 0. The van der Waals surface area contributed by atoms with Crippen molar-refractivity contribution in [2.45, 2.75) is 39.7 Å². The molecule has 0 fully saturated rings. The molecule has 0 aromatic heterocycles. The van der Waals surface area contributed by atoms with Gasteiger partial charge in [-0.25, -0.2) is 0 Å². The normalized spacial score (nSPS) is 11.9. The molecule has 1 rings (SSSR count). The average Bonchev–Trinajstić information content (AvgIpc) is 2.57. The molecule has 5 heteroatoms. The number of rotatable bonds is 8. The Hall–Kier alpha value is -2.04. The lowest BCUT2D eigenvalue weighted by atomic mass is 9.99. The third kappa shape index (κ3) is 4.23. The average molecular weight is 308 g/mol. The summed E-state index contributed by atoms with van der Waals surface area (Å²) >= 11 is 0. The van der Waals surface area contributed by atoms with Gasteiger partial charge in [0.1, 0.15) is 12.0 Å². The van der Waals surface area contributed by atoms with Crippen LogP contribution in [0.25, 0.3) is 0 Å². The van der Waals surface area contributed by atoms with Crippen molar-refractivity contribution >= 4 is 11.8 Å². The number of methoxy groups -OCH3 is 2. The van der Waals surface area contributed by atoms with Gasteiger partial charge in [0, 0.05) is 5.56 Å². The molecule has 0 bridgehead atoms. The van der Waals surface area contributed by atoms with Crippen molar-refractivity contribution in [3.05, 3.63) is 23.8 Å². The number of ether oxygens (including phenoxy) is 3. The van der Waals surface area contributed by atoms with Crippen molar-refractivity contribution in [1.82, 2.24) is 0 Å². The Labute approximate surface area is 131 Å². The van der Waals surface area contributed by atoms with Gasteiger partial charge < -0.3 is 14.2 Å². The quantitative estimate of drug-likeness (QED) is 0.419. The molecule has 22 heavy (non-hydrogen) atoms. The van der Waals surface area contributed by atoms with E-state index in [1.807, 2.05) is 13.8 Å². The minimum absolute atomic E-state index is 0.145.